The van der Waals surface area contributed by atoms with E-state index in [1.807, 2.05) is 36.4 Å². The third-order valence-corrected chi connectivity index (χ3v) is 5.38. The first-order chi connectivity index (χ1) is 13.1. The minimum absolute atomic E-state index is 0. The summed E-state index contributed by atoms with van der Waals surface area (Å²) in [5, 5.41) is 0.918. The monoisotopic (exact) mass is 377 g/mol. The largest absolute Gasteiger partial charge is 0.360 e. The van der Waals surface area contributed by atoms with E-state index >= 15 is 0 Å². The molecule has 0 aliphatic carbocycles. The first kappa shape index (κ1) is 20.0. The number of H-pyrrole nitrogens is 1. The molecule has 5 heteroatoms. The molecule has 4 rings (SSSR count). The second-order valence-corrected chi connectivity index (χ2v) is 7.30. The average Bonchev–Trinajstić information content (AvgIpc) is 3.12. The minimum atomic E-state index is 0. The molecular formula is C23H27N3O2. The Kier molecular flexibility index (Phi) is 6.05. The molecule has 3 heterocycles. The van der Waals surface area contributed by atoms with Gasteiger partial charge in [-0.2, -0.15) is 0 Å². The van der Waals surface area contributed by atoms with E-state index in [2.05, 4.69) is 21.9 Å². The molecular weight excluding hydrogens is 350 g/mol. The number of nitrogens with one attached hydrogen (secondary N) is 1. The van der Waals surface area contributed by atoms with Crippen LogP contribution in [-0.2, 0) is 6.42 Å². The molecule has 1 aliphatic rings. The molecule has 5 nitrogen and oxygen atoms in total. The molecule has 0 bridgehead atoms. The van der Waals surface area contributed by atoms with E-state index in [4.69, 9.17) is 0 Å². The molecule has 1 N–H and O–H groups in total. The van der Waals surface area contributed by atoms with Crippen molar-refractivity contribution in [3.05, 3.63) is 65.6 Å². The van der Waals surface area contributed by atoms with Crippen molar-refractivity contribution in [1.29, 1.82) is 0 Å². The summed E-state index contributed by atoms with van der Waals surface area (Å²) < 4.78 is 0. The maximum absolute atomic E-state index is 12.8. The zero-order chi connectivity index (χ0) is 18.8. The van der Waals surface area contributed by atoms with Crippen LogP contribution in [0.4, 0.5) is 0 Å². The molecule has 1 fully saturated rings. The van der Waals surface area contributed by atoms with Crippen LogP contribution in [0.15, 0.2) is 48.7 Å². The van der Waals surface area contributed by atoms with Crippen LogP contribution in [0.25, 0.3) is 10.9 Å². The van der Waals surface area contributed by atoms with Gasteiger partial charge in [0.2, 0.25) is 0 Å². The van der Waals surface area contributed by atoms with Gasteiger partial charge >= 0.3 is 0 Å². The van der Waals surface area contributed by atoms with Gasteiger partial charge in [-0.05, 0) is 51.2 Å². The molecule has 28 heavy (non-hydrogen) atoms. The molecule has 0 atom stereocenters. The molecule has 2 aromatic heterocycles. The fraction of sp³-hybridized carbons (Fsp3) is 0.348. The molecule has 0 spiro atoms. The van der Waals surface area contributed by atoms with Crippen molar-refractivity contribution in [2.45, 2.75) is 26.7 Å². The zero-order valence-electron chi connectivity index (χ0n) is 15.4. The van der Waals surface area contributed by atoms with Crippen molar-refractivity contribution < 1.29 is 9.59 Å². The number of carbonyl (C=O) groups is 2. The smallest absolute Gasteiger partial charge is 0.184 e. The van der Waals surface area contributed by atoms with E-state index in [0.717, 1.165) is 36.8 Å². The number of rotatable bonds is 5. The van der Waals surface area contributed by atoms with Gasteiger partial charge in [-0.1, -0.05) is 31.7 Å². The molecule has 0 unspecified atom stereocenters. The number of piperidine rings is 1. The second-order valence-electron chi connectivity index (χ2n) is 7.30. The van der Waals surface area contributed by atoms with Gasteiger partial charge in [0.15, 0.2) is 11.6 Å². The molecule has 3 aromatic rings. The average molecular weight is 377 g/mol. The highest BCUT2D eigenvalue weighted by Crippen LogP contribution is 2.22. The van der Waals surface area contributed by atoms with Gasteiger partial charge < -0.3 is 9.88 Å². The number of hydrogen-bond donors (Lipinski definition) is 1. The first-order valence-corrected chi connectivity index (χ1v) is 9.40. The van der Waals surface area contributed by atoms with Crippen molar-refractivity contribution in [2.75, 3.05) is 20.1 Å². The quantitative estimate of drug-likeness (QED) is 0.679. The number of pyridine rings is 1. The van der Waals surface area contributed by atoms with Crippen molar-refractivity contribution in [3.8, 4) is 0 Å². The predicted octanol–water partition coefficient (Wildman–Crippen LogP) is 4.15. The standard InChI is InChI=1S/C22H23N3O2.CH4/c1-25-11-9-15(10-12-25)22(27)20-8-4-5-16(24-20)13-21(26)18-14-23-19-7-3-2-6-17(18)19;/h2-8,14-15,23H,9-13H2,1H3;1H4. The molecule has 0 amide bonds. The zero-order valence-corrected chi connectivity index (χ0v) is 15.4. The van der Waals surface area contributed by atoms with Crippen LogP contribution in [-0.4, -0.2) is 46.6 Å². The number of nitrogens with zero attached hydrogens (tertiary/aromatic N) is 2. The summed E-state index contributed by atoms with van der Waals surface area (Å²) in [4.78, 5) is 35.4. The summed E-state index contributed by atoms with van der Waals surface area (Å²) in [6, 6.07) is 13.2. The van der Waals surface area contributed by atoms with Crippen LogP contribution in [0.3, 0.4) is 0 Å². The van der Waals surface area contributed by atoms with Crippen LogP contribution in [0.5, 0.6) is 0 Å². The summed E-state index contributed by atoms with van der Waals surface area (Å²) in [5.41, 5.74) is 2.73. The van der Waals surface area contributed by atoms with Gasteiger partial charge in [-0.15, -0.1) is 0 Å². The van der Waals surface area contributed by atoms with Crippen LogP contribution in [0.2, 0.25) is 0 Å². The molecule has 1 aliphatic heterocycles. The van der Waals surface area contributed by atoms with Gasteiger partial charge in [0.1, 0.15) is 5.69 Å². The molecule has 1 aromatic carbocycles. The number of para-hydroxylation sites is 1. The van der Waals surface area contributed by atoms with E-state index < -0.39 is 0 Å². The number of hydrogen-bond acceptors (Lipinski definition) is 4. The Balaban J connectivity index is 0.00000225. The van der Waals surface area contributed by atoms with E-state index in [9.17, 15) is 9.59 Å². The molecule has 1 saturated heterocycles. The summed E-state index contributed by atoms with van der Waals surface area (Å²) in [7, 11) is 2.08. The Morgan fingerprint density at radius 1 is 1.11 bits per heavy atom. The van der Waals surface area contributed by atoms with Crippen LogP contribution in [0, 0.1) is 5.92 Å². The van der Waals surface area contributed by atoms with Gasteiger partial charge in [0.05, 0.1) is 6.42 Å². The number of aromatic amines is 1. The predicted molar refractivity (Wildman–Crippen MR) is 112 cm³/mol. The normalized spacial score (nSPS) is 15.3. The van der Waals surface area contributed by atoms with Gasteiger partial charge in [0.25, 0.3) is 0 Å². The summed E-state index contributed by atoms with van der Waals surface area (Å²) in [6.45, 7) is 1.88. The lowest BCUT2D eigenvalue weighted by Crippen LogP contribution is -2.33. The van der Waals surface area contributed by atoms with Crippen LogP contribution >= 0.6 is 0 Å². The topological polar surface area (TPSA) is 66.1 Å². The molecule has 0 saturated carbocycles. The van der Waals surface area contributed by atoms with Gasteiger partial charge in [-0.3, -0.25) is 9.59 Å². The highest BCUT2D eigenvalue weighted by molar-refractivity contribution is 6.08. The summed E-state index contributed by atoms with van der Waals surface area (Å²) in [5.74, 6) is 0.140. The third kappa shape index (κ3) is 4.04. The van der Waals surface area contributed by atoms with E-state index in [-0.39, 0.29) is 31.3 Å². The Morgan fingerprint density at radius 3 is 2.64 bits per heavy atom. The van der Waals surface area contributed by atoms with Crippen molar-refractivity contribution in [2.24, 2.45) is 5.92 Å². The third-order valence-electron chi connectivity index (χ3n) is 5.38. The van der Waals surface area contributed by atoms with Gasteiger partial charge in [-0.25, -0.2) is 4.98 Å². The van der Waals surface area contributed by atoms with E-state index in [1.54, 1.807) is 12.3 Å². The Labute approximate surface area is 165 Å². The van der Waals surface area contributed by atoms with E-state index in [1.165, 1.54) is 0 Å². The minimum Gasteiger partial charge on any atom is -0.360 e. The Hall–Kier alpha value is -2.79. The number of Topliss-reactive ketones (excluding diaryl/α,β-unsaturated/α-hetero) is 2. The molecule has 146 valence electrons. The number of benzene rings is 1. The lowest BCUT2D eigenvalue weighted by atomic mass is 9.91. The fourth-order valence-corrected chi connectivity index (χ4v) is 3.76. The number of carbonyl (C=O) groups excluding carboxylic acids is 2. The van der Waals surface area contributed by atoms with Crippen molar-refractivity contribution >= 4 is 22.5 Å². The number of fused-ring (bicyclic) bond motifs is 1. The SMILES string of the molecule is C.CN1CCC(C(=O)c2cccc(CC(=O)c3c[nH]c4ccccc34)n2)CC1. The number of aromatic nitrogens is 2. The summed E-state index contributed by atoms with van der Waals surface area (Å²) in [6.07, 6.45) is 3.68. The van der Waals surface area contributed by atoms with Crippen LogP contribution in [0.1, 0.15) is 46.8 Å². The highest BCUT2D eigenvalue weighted by Gasteiger charge is 2.25. The Bertz CT molecular complexity index is 984. The van der Waals surface area contributed by atoms with Crippen molar-refractivity contribution in [3.63, 3.8) is 0 Å². The van der Waals surface area contributed by atoms with Gasteiger partial charge in [0, 0.05) is 34.3 Å². The highest BCUT2D eigenvalue weighted by atomic mass is 16.1. The maximum atomic E-state index is 12.8. The second kappa shape index (κ2) is 8.48. The maximum Gasteiger partial charge on any atom is 0.184 e. The molecule has 0 radical (unpaired) electrons. The van der Waals surface area contributed by atoms with Crippen LogP contribution < -0.4 is 0 Å². The first-order valence-electron chi connectivity index (χ1n) is 9.40. The Morgan fingerprint density at radius 2 is 1.86 bits per heavy atom. The number of likely N-dealkylation sites (tertiary alicyclic amines) is 1. The number of ketones is 2. The lowest BCUT2D eigenvalue weighted by molar-refractivity contribution is 0.0850. The van der Waals surface area contributed by atoms with Crippen molar-refractivity contribution in [1.82, 2.24) is 14.9 Å². The van der Waals surface area contributed by atoms with E-state index in [0.29, 0.717) is 17.0 Å². The lowest BCUT2D eigenvalue weighted by Gasteiger charge is -2.27. The summed E-state index contributed by atoms with van der Waals surface area (Å²) >= 11 is 0. The fourth-order valence-electron chi connectivity index (χ4n) is 3.76.